The highest BCUT2D eigenvalue weighted by atomic mass is 16.6. The van der Waals surface area contributed by atoms with Gasteiger partial charge in [0.25, 0.3) is 0 Å². The van der Waals surface area contributed by atoms with Crippen LogP contribution < -0.4 is 0 Å². The first kappa shape index (κ1) is 9.92. The summed E-state index contributed by atoms with van der Waals surface area (Å²) >= 11 is 0. The summed E-state index contributed by atoms with van der Waals surface area (Å²) in [4.78, 5) is 0. The molecular formula is C8H16O4. The molecule has 0 aromatic carbocycles. The van der Waals surface area contributed by atoms with Crippen molar-refractivity contribution in [1.82, 2.24) is 0 Å². The van der Waals surface area contributed by atoms with Crippen LogP contribution in [0.2, 0.25) is 0 Å². The second-order valence-corrected chi connectivity index (χ2v) is 2.90. The summed E-state index contributed by atoms with van der Waals surface area (Å²) in [6, 6.07) is 0. The van der Waals surface area contributed by atoms with Crippen LogP contribution in [-0.4, -0.2) is 50.3 Å². The van der Waals surface area contributed by atoms with Crippen molar-refractivity contribution in [2.45, 2.75) is 19.1 Å². The second kappa shape index (κ2) is 5.48. The first-order valence-electron chi connectivity index (χ1n) is 4.24. The molecule has 0 bridgehead atoms. The van der Waals surface area contributed by atoms with Crippen LogP contribution in [-0.2, 0) is 14.2 Å². The normalized spacial score (nSPS) is 24.0. The topological polar surface area (TPSA) is 51.2 Å². The van der Waals surface area contributed by atoms with Gasteiger partial charge in [-0.05, 0) is 6.92 Å². The van der Waals surface area contributed by atoms with E-state index in [2.05, 4.69) is 0 Å². The molecule has 2 unspecified atom stereocenters. The van der Waals surface area contributed by atoms with Crippen molar-refractivity contribution in [1.29, 1.82) is 0 Å². The van der Waals surface area contributed by atoms with Crippen LogP contribution in [0.15, 0.2) is 0 Å². The summed E-state index contributed by atoms with van der Waals surface area (Å²) in [5, 5.41) is 8.45. The molecule has 0 aromatic heterocycles. The Hall–Kier alpha value is -0.160. The molecule has 4 heteroatoms. The van der Waals surface area contributed by atoms with Gasteiger partial charge in [0.05, 0.1) is 39.1 Å². The molecule has 1 aliphatic heterocycles. The fourth-order valence-corrected chi connectivity index (χ4v) is 0.832. The summed E-state index contributed by atoms with van der Waals surface area (Å²) in [7, 11) is 0. The minimum absolute atomic E-state index is 0.0518. The van der Waals surface area contributed by atoms with Crippen molar-refractivity contribution in [2.75, 3.05) is 33.0 Å². The van der Waals surface area contributed by atoms with Gasteiger partial charge in [-0.15, -0.1) is 0 Å². The minimum Gasteiger partial charge on any atom is -0.394 e. The third-order valence-corrected chi connectivity index (χ3v) is 1.55. The Bertz CT molecular complexity index is 114. The molecular weight excluding hydrogens is 160 g/mol. The van der Waals surface area contributed by atoms with E-state index in [0.717, 1.165) is 6.61 Å². The molecule has 2 atom stereocenters. The number of ether oxygens (including phenoxy) is 3. The number of rotatable bonds is 7. The summed E-state index contributed by atoms with van der Waals surface area (Å²) in [5.74, 6) is 0. The van der Waals surface area contributed by atoms with Gasteiger partial charge in [-0.3, -0.25) is 0 Å². The van der Waals surface area contributed by atoms with Gasteiger partial charge in [-0.1, -0.05) is 0 Å². The largest absolute Gasteiger partial charge is 0.394 e. The highest BCUT2D eigenvalue weighted by Crippen LogP contribution is 2.08. The van der Waals surface area contributed by atoms with E-state index >= 15 is 0 Å². The predicted octanol–water partition coefficient (Wildman–Crippen LogP) is -0.201. The summed E-state index contributed by atoms with van der Waals surface area (Å²) in [6.45, 7) is 4.42. The van der Waals surface area contributed by atoms with Crippen LogP contribution in [0, 0.1) is 0 Å². The Morgan fingerprint density at radius 3 is 3.00 bits per heavy atom. The Labute approximate surface area is 72.4 Å². The lowest BCUT2D eigenvalue weighted by atomic mass is 10.4. The van der Waals surface area contributed by atoms with Gasteiger partial charge in [0.1, 0.15) is 6.10 Å². The Kier molecular flexibility index (Phi) is 4.53. The highest BCUT2D eigenvalue weighted by molar-refractivity contribution is 4.67. The SMILES string of the molecule is CC(COCC1CO1)OCCO. The summed E-state index contributed by atoms with van der Waals surface area (Å²) in [5.41, 5.74) is 0. The third-order valence-electron chi connectivity index (χ3n) is 1.55. The van der Waals surface area contributed by atoms with Crippen LogP contribution >= 0.6 is 0 Å². The van der Waals surface area contributed by atoms with Crippen LogP contribution in [0.25, 0.3) is 0 Å². The quantitative estimate of drug-likeness (QED) is 0.546. The van der Waals surface area contributed by atoms with Crippen molar-refractivity contribution < 1.29 is 19.3 Å². The van der Waals surface area contributed by atoms with Gasteiger partial charge in [0, 0.05) is 0 Å². The first-order chi connectivity index (χ1) is 5.83. The molecule has 0 spiro atoms. The Morgan fingerprint density at radius 2 is 2.42 bits per heavy atom. The molecule has 72 valence electrons. The van der Waals surface area contributed by atoms with Crippen molar-refractivity contribution in [3.8, 4) is 0 Å². The standard InChI is InChI=1S/C8H16O4/c1-7(11-3-2-9)4-10-5-8-6-12-8/h7-9H,2-6H2,1H3. The molecule has 1 aliphatic rings. The van der Waals surface area contributed by atoms with Gasteiger partial charge < -0.3 is 19.3 Å². The molecule has 0 amide bonds. The van der Waals surface area contributed by atoms with Crippen LogP contribution in [0.4, 0.5) is 0 Å². The van der Waals surface area contributed by atoms with Crippen molar-refractivity contribution >= 4 is 0 Å². The lowest BCUT2D eigenvalue weighted by Gasteiger charge is -2.11. The van der Waals surface area contributed by atoms with Crippen molar-refractivity contribution in [3.63, 3.8) is 0 Å². The maximum Gasteiger partial charge on any atom is 0.104 e. The molecule has 0 radical (unpaired) electrons. The molecule has 4 nitrogen and oxygen atoms in total. The monoisotopic (exact) mass is 176 g/mol. The zero-order valence-electron chi connectivity index (χ0n) is 7.36. The van der Waals surface area contributed by atoms with Gasteiger partial charge in [-0.25, -0.2) is 0 Å². The average molecular weight is 176 g/mol. The van der Waals surface area contributed by atoms with Gasteiger partial charge >= 0.3 is 0 Å². The molecule has 1 N–H and O–H groups in total. The molecule has 1 rings (SSSR count). The van der Waals surface area contributed by atoms with E-state index in [0.29, 0.717) is 25.9 Å². The van der Waals surface area contributed by atoms with E-state index < -0.39 is 0 Å². The zero-order valence-corrected chi connectivity index (χ0v) is 7.36. The Balaban J connectivity index is 1.83. The van der Waals surface area contributed by atoms with E-state index in [1.165, 1.54) is 0 Å². The molecule has 0 saturated carbocycles. The maximum atomic E-state index is 8.45. The van der Waals surface area contributed by atoms with Crippen LogP contribution in [0.1, 0.15) is 6.92 Å². The number of hydrogen-bond donors (Lipinski definition) is 1. The average Bonchev–Trinajstić information content (AvgIpc) is 2.84. The van der Waals surface area contributed by atoms with E-state index in [1.54, 1.807) is 0 Å². The molecule has 0 aromatic rings. The summed E-state index contributed by atoms with van der Waals surface area (Å²) < 4.78 is 15.4. The van der Waals surface area contributed by atoms with E-state index in [1.807, 2.05) is 6.92 Å². The smallest absolute Gasteiger partial charge is 0.104 e. The number of aliphatic hydroxyl groups excluding tert-OH is 1. The summed E-state index contributed by atoms with van der Waals surface area (Å²) in [6.07, 6.45) is 0.367. The fraction of sp³-hybridized carbons (Fsp3) is 1.00. The third kappa shape index (κ3) is 4.66. The second-order valence-electron chi connectivity index (χ2n) is 2.90. The zero-order chi connectivity index (χ0) is 8.81. The lowest BCUT2D eigenvalue weighted by molar-refractivity contribution is -0.0209. The van der Waals surface area contributed by atoms with Gasteiger partial charge in [0.2, 0.25) is 0 Å². The lowest BCUT2D eigenvalue weighted by Crippen LogP contribution is -2.19. The fourth-order valence-electron chi connectivity index (χ4n) is 0.832. The number of epoxide rings is 1. The molecule has 1 heterocycles. The molecule has 12 heavy (non-hydrogen) atoms. The predicted molar refractivity (Wildman–Crippen MR) is 43.1 cm³/mol. The minimum atomic E-state index is 0.0518. The maximum absolute atomic E-state index is 8.45. The number of aliphatic hydroxyl groups is 1. The molecule has 0 aliphatic carbocycles. The molecule has 1 saturated heterocycles. The van der Waals surface area contributed by atoms with Gasteiger partial charge in [-0.2, -0.15) is 0 Å². The van der Waals surface area contributed by atoms with E-state index in [9.17, 15) is 0 Å². The van der Waals surface area contributed by atoms with Crippen LogP contribution in [0.3, 0.4) is 0 Å². The highest BCUT2D eigenvalue weighted by Gasteiger charge is 2.22. The Morgan fingerprint density at radius 1 is 1.67 bits per heavy atom. The van der Waals surface area contributed by atoms with Gasteiger partial charge in [0.15, 0.2) is 0 Å². The van der Waals surface area contributed by atoms with E-state index in [-0.39, 0.29) is 12.7 Å². The number of hydrogen-bond acceptors (Lipinski definition) is 4. The van der Waals surface area contributed by atoms with E-state index in [4.69, 9.17) is 19.3 Å². The first-order valence-corrected chi connectivity index (χ1v) is 4.24. The van der Waals surface area contributed by atoms with Crippen molar-refractivity contribution in [3.05, 3.63) is 0 Å². The van der Waals surface area contributed by atoms with Crippen LogP contribution in [0.5, 0.6) is 0 Å². The molecule has 1 fully saturated rings. The van der Waals surface area contributed by atoms with Crippen molar-refractivity contribution in [2.24, 2.45) is 0 Å².